The van der Waals surface area contributed by atoms with Crippen molar-refractivity contribution < 1.29 is 13.9 Å². The maximum absolute atomic E-state index is 12.3. The summed E-state index contributed by atoms with van der Waals surface area (Å²) in [6.07, 6.45) is 0. The molecule has 0 aliphatic carbocycles. The third kappa shape index (κ3) is 4.94. The van der Waals surface area contributed by atoms with E-state index in [9.17, 15) is 4.79 Å². The number of carbonyl (C=O) groups excluding carboxylic acids is 1. The molecule has 0 unspecified atom stereocenters. The maximum atomic E-state index is 12.3. The van der Waals surface area contributed by atoms with Gasteiger partial charge in [0.1, 0.15) is 5.75 Å². The molecule has 0 saturated heterocycles. The number of aromatic nitrogens is 2. The van der Waals surface area contributed by atoms with Crippen LogP contribution in [0.15, 0.2) is 76.4 Å². The van der Waals surface area contributed by atoms with Gasteiger partial charge in [0, 0.05) is 11.1 Å². The fraction of sp³-hybridized carbons (Fsp3) is 0.136. The number of amides is 1. The maximum Gasteiger partial charge on any atom is 0.277 e. The number of benzene rings is 3. The van der Waals surface area contributed by atoms with Gasteiger partial charge in [-0.2, -0.15) is 0 Å². The molecular weight excluding hydrogens is 386 g/mol. The Labute approximate surface area is 172 Å². The highest BCUT2D eigenvalue weighted by molar-refractivity contribution is 7.99. The molecule has 0 aliphatic rings. The van der Waals surface area contributed by atoms with Crippen LogP contribution in [0.25, 0.3) is 10.8 Å². The molecule has 4 rings (SSSR count). The van der Waals surface area contributed by atoms with Gasteiger partial charge in [0.25, 0.3) is 11.1 Å². The third-order valence-electron chi connectivity index (χ3n) is 4.19. The quantitative estimate of drug-likeness (QED) is 0.443. The fourth-order valence-corrected chi connectivity index (χ4v) is 3.43. The highest BCUT2D eigenvalue weighted by Gasteiger charge is 2.11. The van der Waals surface area contributed by atoms with Gasteiger partial charge >= 0.3 is 0 Å². The molecule has 0 fully saturated rings. The largest absolute Gasteiger partial charge is 0.484 e. The van der Waals surface area contributed by atoms with Gasteiger partial charge in [-0.15, -0.1) is 10.2 Å². The minimum atomic E-state index is -0.137. The standard InChI is InChI=1S/C22H19N3O3S/c1-15-6-4-9-17(12-15)27-13-21-24-25-22(28-21)29-14-20(26)23-19-11-5-8-16-7-2-3-10-18(16)19/h2-12H,13-14H2,1H3,(H,23,26). The Morgan fingerprint density at radius 1 is 1.07 bits per heavy atom. The first-order valence-corrected chi connectivity index (χ1v) is 10.1. The molecule has 1 amide bonds. The molecule has 0 bridgehead atoms. The van der Waals surface area contributed by atoms with Crippen LogP contribution in [0.4, 0.5) is 5.69 Å². The molecule has 1 N–H and O–H groups in total. The van der Waals surface area contributed by atoms with Gasteiger partial charge in [-0.25, -0.2) is 0 Å². The zero-order chi connectivity index (χ0) is 20.1. The number of carbonyl (C=O) groups is 1. The van der Waals surface area contributed by atoms with Crippen LogP contribution in [0.3, 0.4) is 0 Å². The Balaban J connectivity index is 1.30. The molecule has 0 atom stereocenters. The summed E-state index contributed by atoms with van der Waals surface area (Å²) in [6.45, 7) is 2.18. The molecule has 3 aromatic carbocycles. The molecule has 0 radical (unpaired) electrons. The van der Waals surface area contributed by atoms with Crippen LogP contribution in [0.5, 0.6) is 5.75 Å². The van der Waals surface area contributed by atoms with E-state index in [4.69, 9.17) is 9.15 Å². The molecule has 0 saturated carbocycles. The highest BCUT2D eigenvalue weighted by atomic mass is 32.2. The number of thioether (sulfide) groups is 1. The molecule has 1 heterocycles. The lowest BCUT2D eigenvalue weighted by Gasteiger charge is -2.07. The SMILES string of the molecule is Cc1cccc(OCc2nnc(SCC(=O)Nc3cccc4ccccc34)o2)c1. The number of fused-ring (bicyclic) bond motifs is 1. The van der Waals surface area contributed by atoms with Crippen molar-refractivity contribution in [3.05, 3.63) is 78.2 Å². The van der Waals surface area contributed by atoms with Crippen LogP contribution in [0.2, 0.25) is 0 Å². The minimum Gasteiger partial charge on any atom is -0.484 e. The van der Waals surface area contributed by atoms with Crippen molar-refractivity contribution in [3.8, 4) is 5.75 Å². The summed E-state index contributed by atoms with van der Waals surface area (Å²) in [5, 5.41) is 13.3. The molecule has 0 spiro atoms. The van der Waals surface area contributed by atoms with Crippen molar-refractivity contribution in [2.45, 2.75) is 18.8 Å². The first-order valence-electron chi connectivity index (χ1n) is 9.10. The molecule has 1 aromatic heterocycles. The molecule has 4 aromatic rings. The van der Waals surface area contributed by atoms with E-state index in [0.717, 1.165) is 27.8 Å². The molecular formula is C22H19N3O3S. The van der Waals surface area contributed by atoms with Crippen molar-refractivity contribution >= 4 is 34.1 Å². The van der Waals surface area contributed by atoms with Gasteiger partial charge in [0.2, 0.25) is 5.91 Å². The average Bonchev–Trinajstić information content (AvgIpc) is 3.19. The second kappa shape index (κ2) is 8.79. The second-order valence-corrected chi connectivity index (χ2v) is 7.36. The Bertz CT molecular complexity index is 1140. The van der Waals surface area contributed by atoms with Gasteiger partial charge in [-0.3, -0.25) is 4.79 Å². The van der Waals surface area contributed by atoms with Crippen molar-refractivity contribution in [2.24, 2.45) is 0 Å². The van der Waals surface area contributed by atoms with Crippen molar-refractivity contribution in [3.63, 3.8) is 0 Å². The zero-order valence-electron chi connectivity index (χ0n) is 15.8. The van der Waals surface area contributed by atoms with E-state index in [0.29, 0.717) is 11.1 Å². The van der Waals surface area contributed by atoms with E-state index in [-0.39, 0.29) is 18.3 Å². The zero-order valence-corrected chi connectivity index (χ0v) is 16.6. The third-order valence-corrected chi connectivity index (χ3v) is 5.01. The van der Waals surface area contributed by atoms with Gasteiger partial charge in [-0.05, 0) is 36.1 Å². The number of aryl methyl sites for hydroxylation is 1. The predicted octanol–water partition coefficient (Wildman–Crippen LogP) is 4.84. The predicted molar refractivity (Wildman–Crippen MR) is 113 cm³/mol. The molecule has 6 nitrogen and oxygen atoms in total. The summed E-state index contributed by atoms with van der Waals surface area (Å²) in [4.78, 5) is 12.3. The first-order chi connectivity index (χ1) is 14.2. The van der Waals surface area contributed by atoms with E-state index < -0.39 is 0 Å². The van der Waals surface area contributed by atoms with Crippen LogP contribution < -0.4 is 10.1 Å². The first kappa shape index (κ1) is 19.0. The van der Waals surface area contributed by atoms with Crippen molar-refractivity contribution in [2.75, 3.05) is 11.1 Å². The molecule has 7 heteroatoms. The van der Waals surface area contributed by atoms with Gasteiger partial charge < -0.3 is 14.5 Å². The number of hydrogen-bond donors (Lipinski definition) is 1. The number of nitrogens with zero attached hydrogens (tertiary/aromatic N) is 2. The van der Waals surface area contributed by atoms with Crippen LogP contribution in [-0.4, -0.2) is 21.9 Å². The van der Waals surface area contributed by atoms with Crippen molar-refractivity contribution in [1.29, 1.82) is 0 Å². The van der Waals surface area contributed by atoms with E-state index in [1.807, 2.05) is 73.7 Å². The Morgan fingerprint density at radius 2 is 1.90 bits per heavy atom. The van der Waals surface area contributed by atoms with E-state index in [1.165, 1.54) is 11.8 Å². The lowest BCUT2D eigenvalue weighted by atomic mass is 10.1. The molecule has 146 valence electrons. The smallest absolute Gasteiger partial charge is 0.277 e. The molecule has 0 aliphatic heterocycles. The average molecular weight is 405 g/mol. The number of ether oxygens (including phenoxy) is 1. The Kier molecular flexibility index (Phi) is 5.76. The molecule has 29 heavy (non-hydrogen) atoms. The minimum absolute atomic E-state index is 0.137. The van der Waals surface area contributed by atoms with E-state index >= 15 is 0 Å². The highest BCUT2D eigenvalue weighted by Crippen LogP contribution is 2.24. The van der Waals surface area contributed by atoms with Gasteiger partial charge in [0.05, 0.1) is 5.75 Å². The van der Waals surface area contributed by atoms with Crippen LogP contribution >= 0.6 is 11.8 Å². The normalized spacial score (nSPS) is 10.8. The lowest BCUT2D eigenvalue weighted by molar-refractivity contribution is -0.113. The monoisotopic (exact) mass is 405 g/mol. The summed E-state index contributed by atoms with van der Waals surface area (Å²) in [7, 11) is 0. The summed E-state index contributed by atoms with van der Waals surface area (Å²) in [6, 6.07) is 21.5. The Morgan fingerprint density at radius 3 is 2.79 bits per heavy atom. The van der Waals surface area contributed by atoms with E-state index in [1.54, 1.807) is 0 Å². The van der Waals surface area contributed by atoms with Crippen molar-refractivity contribution in [1.82, 2.24) is 10.2 Å². The summed E-state index contributed by atoms with van der Waals surface area (Å²) >= 11 is 1.19. The van der Waals surface area contributed by atoms with Gasteiger partial charge in [-0.1, -0.05) is 60.3 Å². The number of anilines is 1. The van der Waals surface area contributed by atoms with Gasteiger partial charge in [0.15, 0.2) is 6.61 Å². The summed E-state index contributed by atoms with van der Waals surface area (Å²) in [5.41, 5.74) is 1.90. The second-order valence-electron chi connectivity index (χ2n) is 6.43. The van der Waals surface area contributed by atoms with E-state index in [2.05, 4.69) is 15.5 Å². The fourth-order valence-electron chi connectivity index (χ4n) is 2.85. The van der Waals surface area contributed by atoms with Crippen LogP contribution in [-0.2, 0) is 11.4 Å². The van der Waals surface area contributed by atoms with Crippen LogP contribution in [0.1, 0.15) is 11.5 Å². The number of hydrogen-bond acceptors (Lipinski definition) is 6. The Hall–Kier alpha value is -3.32. The van der Waals surface area contributed by atoms with Crippen LogP contribution in [0, 0.1) is 6.92 Å². The summed E-state index contributed by atoms with van der Waals surface area (Å²) in [5.74, 6) is 1.14. The topological polar surface area (TPSA) is 77.2 Å². The number of rotatable bonds is 7. The number of nitrogens with one attached hydrogen (secondary N) is 1. The summed E-state index contributed by atoms with van der Waals surface area (Å²) < 4.78 is 11.2. The lowest BCUT2D eigenvalue weighted by Crippen LogP contribution is -2.14.